The van der Waals surface area contributed by atoms with E-state index in [-0.39, 0.29) is 12.4 Å². The van der Waals surface area contributed by atoms with Gasteiger partial charge >= 0.3 is 0 Å². The number of hydrogen-bond acceptors (Lipinski definition) is 4. The molecular formula is C15H15ClO4S. The van der Waals surface area contributed by atoms with E-state index >= 15 is 0 Å². The summed E-state index contributed by atoms with van der Waals surface area (Å²) < 4.78 is 32.6. The summed E-state index contributed by atoms with van der Waals surface area (Å²) in [6.07, 6.45) is 0. The highest BCUT2D eigenvalue weighted by Crippen LogP contribution is 2.20. The van der Waals surface area contributed by atoms with Crippen LogP contribution in [0.5, 0.6) is 11.5 Å². The maximum atomic E-state index is 10.8. The minimum Gasteiger partial charge on any atom is -0.492 e. The van der Waals surface area contributed by atoms with Gasteiger partial charge in [-0.2, -0.15) is 0 Å². The predicted octanol–water partition coefficient (Wildman–Crippen LogP) is 3.21. The van der Waals surface area contributed by atoms with Crippen LogP contribution in [0.2, 0.25) is 0 Å². The van der Waals surface area contributed by atoms with Gasteiger partial charge < -0.3 is 9.47 Å². The smallest absolute Gasteiger partial charge is 0.235 e. The molecule has 2 rings (SSSR count). The standard InChI is InChI=1S/C15H15ClO4S/c16-21(17,18)10-9-19-14-7-4-8-15(11-14)20-12-13-5-2-1-3-6-13/h1-8,11H,9-10,12H2. The van der Waals surface area contributed by atoms with E-state index in [4.69, 9.17) is 20.2 Å². The van der Waals surface area contributed by atoms with Crippen molar-refractivity contribution >= 4 is 19.7 Å². The molecule has 4 nitrogen and oxygen atoms in total. The van der Waals surface area contributed by atoms with Crippen molar-refractivity contribution in [1.29, 1.82) is 0 Å². The van der Waals surface area contributed by atoms with Gasteiger partial charge in [0.2, 0.25) is 9.05 Å². The molecule has 0 fully saturated rings. The second-order valence-corrected chi connectivity index (χ2v) is 7.24. The second-order valence-electron chi connectivity index (χ2n) is 4.34. The normalized spacial score (nSPS) is 11.1. The van der Waals surface area contributed by atoms with Crippen molar-refractivity contribution in [3.8, 4) is 11.5 Å². The molecule has 0 aromatic heterocycles. The van der Waals surface area contributed by atoms with Crippen LogP contribution in [0.25, 0.3) is 0 Å². The summed E-state index contributed by atoms with van der Waals surface area (Å²) in [5.74, 6) is 0.967. The summed E-state index contributed by atoms with van der Waals surface area (Å²) in [6, 6.07) is 16.8. The SMILES string of the molecule is O=S(=O)(Cl)CCOc1cccc(OCc2ccccc2)c1. The van der Waals surface area contributed by atoms with Gasteiger partial charge in [-0.25, -0.2) is 8.42 Å². The molecule has 0 saturated heterocycles. The fourth-order valence-corrected chi connectivity index (χ4v) is 2.13. The van der Waals surface area contributed by atoms with Crippen LogP contribution in [-0.2, 0) is 15.7 Å². The Balaban J connectivity index is 1.88. The fraction of sp³-hybridized carbons (Fsp3) is 0.200. The third-order valence-electron chi connectivity index (χ3n) is 2.65. The third kappa shape index (κ3) is 6.06. The van der Waals surface area contributed by atoms with Gasteiger partial charge in [0, 0.05) is 16.7 Å². The lowest BCUT2D eigenvalue weighted by atomic mass is 10.2. The Bertz CT molecular complexity index is 671. The van der Waals surface area contributed by atoms with E-state index in [0.717, 1.165) is 5.56 Å². The van der Waals surface area contributed by atoms with E-state index in [1.54, 1.807) is 18.2 Å². The molecule has 0 N–H and O–H groups in total. The van der Waals surface area contributed by atoms with Crippen molar-refractivity contribution in [3.63, 3.8) is 0 Å². The first-order valence-electron chi connectivity index (χ1n) is 6.35. The second kappa shape index (κ2) is 7.33. The first-order valence-corrected chi connectivity index (χ1v) is 8.83. The minimum atomic E-state index is -3.53. The van der Waals surface area contributed by atoms with Crippen LogP contribution in [0, 0.1) is 0 Å². The van der Waals surface area contributed by atoms with Crippen molar-refractivity contribution < 1.29 is 17.9 Å². The maximum absolute atomic E-state index is 10.8. The Morgan fingerprint density at radius 2 is 1.57 bits per heavy atom. The van der Waals surface area contributed by atoms with Crippen LogP contribution in [0.1, 0.15) is 5.56 Å². The van der Waals surface area contributed by atoms with Gasteiger partial charge in [0.1, 0.15) is 24.7 Å². The number of rotatable bonds is 7. The van der Waals surface area contributed by atoms with E-state index in [2.05, 4.69) is 0 Å². The van der Waals surface area contributed by atoms with E-state index in [9.17, 15) is 8.42 Å². The molecule has 0 aliphatic heterocycles. The molecule has 0 unspecified atom stereocenters. The lowest BCUT2D eigenvalue weighted by molar-refractivity contribution is 0.300. The molecule has 2 aromatic carbocycles. The third-order valence-corrected chi connectivity index (χ3v) is 3.77. The average molecular weight is 327 g/mol. The van der Waals surface area contributed by atoms with Gasteiger partial charge in [-0.1, -0.05) is 36.4 Å². The summed E-state index contributed by atoms with van der Waals surface area (Å²) in [5.41, 5.74) is 1.07. The van der Waals surface area contributed by atoms with Gasteiger partial charge in [-0.3, -0.25) is 0 Å². The van der Waals surface area contributed by atoms with Gasteiger partial charge in [-0.05, 0) is 17.7 Å². The number of benzene rings is 2. The van der Waals surface area contributed by atoms with Crippen molar-refractivity contribution in [2.24, 2.45) is 0 Å². The van der Waals surface area contributed by atoms with Gasteiger partial charge in [0.05, 0.1) is 5.75 Å². The zero-order valence-electron chi connectivity index (χ0n) is 11.2. The molecular weight excluding hydrogens is 312 g/mol. The molecule has 0 aliphatic carbocycles. The van der Waals surface area contributed by atoms with Gasteiger partial charge in [0.25, 0.3) is 0 Å². The summed E-state index contributed by atoms with van der Waals surface area (Å²) in [6.45, 7) is 0.467. The minimum absolute atomic E-state index is 0.00791. The van der Waals surface area contributed by atoms with Crippen molar-refractivity contribution in [2.45, 2.75) is 6.61 Å². The molecule has 0 aliphatic rings. The number of hydrogen-bond donors (Lipinski definition) is 0. The molecule has 0 bridgehead atoms. The van der Waals surface area contributed by atoms with E-state index in [1.807, 2.05) is 36.4 Å². The molecule has 0 heterocycles. The molecule has 2 aromatic rings. The first-order chi connectivity index (χ1) is 10.0. The van der Waals surface area contributed by atoms with Gasteiger partial charge in [0.15, 0.2) is 0 Å². The quantitative estimate of drug-likeness (QED) is 0.733. The Kier molecular flexibility index (Phi) is 5.47. The molecule has 0 saturated carbocycles. The highest BCUT2D eigenvalue weighted by Gasteiger charge is 2.05. The highest BCUT2D eigenvalue weighted by molar-refractivity contribution is 8.13. The van der Waals surface area contributed by atoms with E-state index < -0.39 is 9.05 Å². The summed E-state index contributed by atoms with van der Waals surface area (Å²) in [7, 11) is 1.58. The molecule has 6 heteroatoms. The van der Waals surface area contributed by atoms with Crippen molar-refractivity contribution in [3.05, 3.63) is 60.2 Å². The predicted molar refractivity (Wildman–Crippen MR) is 82.4 cm³/mol. The van der Waals surface area contributed by atoms with E-state index in [1.165, 1.54) is 0 Å². The number of halogens is 1. The van der Waals surface area contributed by atoms with Crippen LogP contribution in [0.15, 0.2) is 54.6 Å². The molecule has 112 valence electrons. The number of ether oxygens (including phenoxy) is 2. The van der Waals surface area contributed by atoms with Crippen molar-refractivity contribution in [2.75, 3.05) is 12.4 Å². The lowest BCUT2D eigenvalue weighted by Crippen LogP contribution is -2.08. The fourth-order valence-electron chi connectivity index (χ4n) is 1.65. The Labute approximate surface area is 128 Å². The van der Waals surface area contributed by atoms with E-state index in [0.29, 0.717) is 18.1 Å². The zero-order valence-corrected chi connectivity index (χ0v) is 12.8. The van der Waals surface area contributed by atoms with Crippen molar-refractivity contribution in [1.82, 2.24) is 0 Å². The molecule has 0 spiro atoms. The summed E-state index contributed by atoms with van der Waals surface area (Å²) in [5, 5.41) is 0. The Hall–Kier alpha value is -1.72. The highest BCUT2D eigenvalue weighted by atomic mass is 35.7. The van der Waals surface area contributed by atoms with Crippen LogP contribution in [-0.4, -0.2) is 20.8 Å². The van der Waals surface area contributed by atoms with Gasteiger partial charge in [-0.15, -0.1) is 0 Å². The van der Waals surface area contributed by atoms with Crippen LogP contribution in [0.3, 0.4) is 0 Å². The monoisotopic (exact) mass is 326 g/mol. The Morgan fingerprint density at radius 3 is 2.24 bits per heavy atom. The topological polar surface area (TPSA) is 52.6 Å². The zero-order chi connectivity index (χ0) is 15.1. The largest absolute Gasteiger partial charge is 0.492 e. The molecule has 21 heavy (non-hydrogen) atoms. The maximum Gasteiger partial charge on any atom is 0.235 e. The molecule has 0 radical (unpaired) electrons. The van der Waals surface area contributed by atoms with Crippen LogP contribution < -0.4 is 9.47 Å². The van der Waals surface area contributed by atoms with Crippen LogP contribution >= 0.6 is 10.7 Å². The summed E-state index contributed by atoms with van der Waals surface area (Å²) >= 11 is 0. The average Bonchev–Trinajstić information content (AvgIpc) is 2.45. The Morgan fingerprint density at radius 1 is 0.905 bits per heavy atom. The van der Waals surface area contributed by atoms with Crippen LogP contribution in [0.4, 0.5) is 0 Å². The molecule has 0 atom stereocenters. The lowest BCUT2D eigenvalue weighted by Gasteiger charge is -2.09. The molecule has 0 amide bonds. The first kappa shape index (κ1) is 15.7. The summed E-state index contributed by atoms with van der Waals surface area (Å²) in [4.78, 5) is 0.